The minimum Gasteiger partial charge on any atom is -0.508 e. The van der Waals surface area contributed by atoms with Gasteiger partial charge in [-0.05, 0) is 182 Å². The van der Waals surface area contributed by atoms with Crippen molar-refractivity contribution in [2.24, 2.45) is 29.6 Å². The number of fused-ring (bicyclic) bond motifs is 3. The topological polar surface area (TPSA) is 159 Å². The van der Waals surface area contributed by atoms with E-state index >= 15 is 4.39 Å². The van der Waals surface area contributed by atoms with Gasteiger partial charge in [-0.3, -0.25) is 14.7 Å². The minimum atomic E-state index is -0.716. The molecule has 7 unspecified atom stereocenters. The molecule has 3 aromatic carbocycles. The van der Waals surface area contributed by atoms with E-state index in [1.54, 1.807) is 18.9 Å². The molecule has 93 heavy (non-hydrogen) atoms. The van der Waals surface area contributed by atoms with E-state index in [4.69, 9.17) is 30.5 Å². The number of aromatic nitrogens is 3. The molecule has 16 heteroatoms. The number of piperidine rings is 2. The molecule has 0 amide bonds. The van der Waals surface area contributed by atoms with Crippen LogP contribution in [0.25, 0.3) is 32.9 Å². The molecule has 14 nitrogen and oxygen atoms in total. The predicted octanol–water partition coefficient (Wildman–Crippen LogP) is 16.6. The molecule has 4 aliphatic heterocycles. The lowest BCUT2D eigenvalue weighted by molar-refractivity contribution is -0.126. The highest BCUT2D eigenvalue weighted by Gasteiger charge is 2.50. The number of anilines is 2. The van der Waals surface area contributed by atoms with E-state index in [2.05, 4.69) is 116 Å². The summed E-state index contributed by atoms with van der Waals surface area (Å²) in [6.45, 7) is 32.0. The molecule has 6 heterocycles. The number of phenols is 1. The van der Waals surface area contributed by atoms with Gasteiger partial charge in [-0.2, -0.15) is 9.97 Å². The molecule has 4 aliphatic rings. The SMILES string of the molecule is C#Cc1c(F)ccc2cc(O)cc(-c3ncc4c(N5CCCC(C)C5)nc(OCC56CCCN5C(COC)CC6)nc4c3F)c12.CC=O.CC=O.CCC=O.CCCC(C)C(=O)C(C)CC.CCCC(CCC(C)CC)CN1CCC(c2ccc(C)c(N(C)C)c2)CC1. The van der Waals surface area contributed by atoms with E-state index in [9.17, 15) is 19.1 Å². The number of hydrogen-bond donors (Lipinski definition) is 1. The minimum absolute atomic E-state index is 0.0257. The summed E-state index contributed by atoms with van der Waals surface area (Å²) in [4.78, 5) is 61.9. The van der Waals surface area contributed by atoms with Crippen LogP contribution in [-0.2, 0) is 23.9 Å². The van der Waals surface area contributed by atoms with Gasteiger partial charge in [0.1, 0.15) is 59.8 Å². The van der Waals surface area contributed by atoms with Crippen LogP contribution in [-0.4, -0.2) is 140 Å². The molecule has 0 bridgehead atoms. The number of carbonyl (C=O) groups is 4. The Labute approximate surface area is 557 Å². The number of benzene rings is 3. The largest absolute Gasteiger partial charge is 0.508 e. The van der Waals surface area contributed by atoms with Crippen molar-refractivity contribution in [3.63, 3.8) is 0 Å². The van der Waals surface area contributed by atoms with E-state index < -0.39 is 11.6 Å². The number of halogens is 2. The third kappa shape index (κ3) is 22.6. The molecule has 0 aliphatic carbocycles. The van der Waals surface area contributed by atoms with Crippen molar-refractivity contribution >= 4 is 57.8 Å². The third-order valence-corrected chi connectivity index (χ3v) is 19.1. The maximum absolute atomic E-state index is 16.8. The Bertz CT molecular complexity index is 3140. The molecule has 1 N–H and O–H groups in total. The first-order valence-electron chi connectivity index (χ1n) is 34.8. The van der Waals surface area contributed by atoms with Crippen molar-refractivity contribution in [2.75, 3.05) is 83.5 Å². The van der Waals surface area contributed by atoms with E-state index in [-0.39, 0.29) is 51.5 Å². The van der Waals surface area contributed by atoms with Gasteiger partial charge >= 0.3 is 6.01 Å². The monoisotopic (exact) mass is 1290 g/mol. The second-order valence-corrected chi connectivity index (χ2v) is 26.5. The number of ketones is 1. The van der Waals surface area contributed by atoms with E-state index in [0.717, 1.165) is 114 Å². The number of nitrogens with zero attached hydrogens (tertiary/aromatic N) is 7. The number of aldehydes is 3. The molecule has 514 valence electrons. The van der Waals surface area contributed by atoms with Gasteiger partial charge in [0.05, 0.1) is 23.1 Å². The molecule has 2 aromatic heterocycles. The van der Waals surface area contributed by atoms with E-state index in [0.29, 0.717) is 59.4 Å². The summed E-state index contributed by atoms with van der Waals surface area (Å²) in [6, 6.07) is 13.1. The number of ether oxygens (including phenoxy) is 2. The summed E-state index contributed by atoms with van der Waals surface area (Å²) in [7, 11) is 6.05. The maximum atomic E-state index is 16.8. The summed E-state index contributed by atoms with van der Waals surface area (Å²) >= 11 is 0. The second-order valence-electron chi connectivity index (χ2n) is 26.5. The zero-order chi connectivity index (χ0) is 68.8. The van der Waals surface area contributed by atoms with Crippen molar-refractivity contribution in [1.82, 2.24) is 24.8 Å². The Balaban J connectivity index is 0.000000324. The van der Waals surface area contributed by atoms with Gasteiger partial charge in [-0.1, -0.05) is 112 Å². The number of hydrogen-bond acceptors (Lipinski definition) is 14. The number of likely N-dealkylation sites (tertiary alicyclic amines) is 1. The smallest absolute Gasteiger partial charge is 0.319 e. The van der Waals surface area contributed by atoms with Crippen molar-refractivity contribution in [3.05, 3.63) is 77.0 Å². The van der Waals surface area contributed by atoms with E-state index in [1.165, 1.54) is 114 Å². The lowest BCUT2D eigenvalue weighted by atomic mass is 9.87. The summed E-state index contributed by atoms with van der Waals surface area (Å²) in [6.07, 6.45) is 29.2. The fourth-order valence-electron chi connectivity index (χ4n) is 13.7. The average molecular weight is 1290 g/mol. The number of carbonyl (C=O) groups excluding carboxylic acids is 4. The molecule has 5 aromatic rings. The lowest BCUT2D eigenvalue weighted by Gasteiger charge is -2.35. The van der Waals surface area contributed by atoms with Crippen LogP contribution >= 0.6 is 0 Å². The number of rotatable bonds is 23. The van der Waals surface area contributed by atoms with Crippen LogP contribution in [0.2, 0.25) is 0 Å². The highest BCUT2D eigenvalue weighted by atomic mass is 19.1. The van der Waals surface area contributed by atoms with Crippen LogP contribution in [0, 0.1) is 60.5 Å². The first-order valence-corrected chi connectivity index (χ1v) is 34.8. The Morgan fingerprint density at radius 1 is 0.860 bits per heavy atom. The molecule has 4 saturated heterocycles. The van der Waals surface area contributed by atoms with Crippen LogP contribution in [0.3, 0.4) is 0 Å². The fraction of sp³-hybridized carbons (Fsp3) is 0.623. The lowest BCUT2D eigenvalue weighted by Crippen LogP contribution is -2.47. The van der Waals surface area contributed by atoms with Crippen LogP contribution < -0.4 is 14.5 Å². The number of methoxy groups -OCH3 is 1. The zero-order valence-electron chi connectivity index (χ0n) is 59.4. The highest BCUT2D eigenvalue weighted by Crippen LogP contribution is 2.44. The number of aryl methyl sites for hydroxylation is 1. The normalized spacial score (nSPS) is 19.2. The highest BCUT2D eigenvalue weighted by molar-refractivity contribution is 6.03. The number of terminal acetylenes is 1. The summed E-state index contributed by atoms with van der Waals surface area (Å²) < 4.78 is 43.5. The number of phenolic OH excluding ortho intramolecular Hbond substituents is 1. The molecular formula is C77H115F2N7O7. The van der Waals surface area contributed by atoms with Crippen LogP contribution in [0.5, 0.6) is 11.8 Å². The van der Waals surface area contributed by atoms with Gasteiger partial charge in [-0.25, -0.2) is 8.78 Å². The first kappa shape index (κ1) is 79.0. The molecule has 7 atom stereocenters. The van der Waals surface area contributed by atoms with Gasteiger partial charge < -0.3 is 43.7 Å². The number of aromatic hydroxyl groups is 1. The van der Waals surface area contributed by atoms with Crippen molar-refractivity contribution in [2.45, 2.75) is 210 Å². The van der Waals surface area contributed by atoms with Crippen molar-refractivity contribution in [1.29, 1.82) is 0 Å². The summed E-state index contributed by atoms with van der Waals surface area (Å²) in [5, 5.41) is 11.8. The van der Waals surface area contributed by atoms with Gasteiger partial charge in [0.15, 0.2) is 5.82 Å². The standard InChI is InChI=1S/C35H37F2N5O3.C25H44N2.C10H20O.C3H6O.2C2H4O/c1-4-25-28(36)9-8-22-15-24(43)16-26(29(22)25)31-30(37)32-27(17-38-31)33(41-13-5-7-21(2)18-41)40-34(39-32)45-20-35-11-6-14-42(35)23(10-12-35)19-44-3;1-7-9-22(12-10-20(3)8-2)19-27-16-14-23(15-17-27)24-13-11-21(4)25(18-24)26(5)6;1-5-7-9(4)10(11)8(3)6-2;1-2-3-4;2*1-2-3/h1,8-9,15-17,21,23,43H,5-7,10-14,18-20H2,2-3H3;11,13,18,20,22-23H,7-10,12,14-17,19H2,1-6H3;8-9H,5-7H2,1-4H3;3H,2H2,1H3;2*2H,1H3. The van der Waals surface area contributed by atoms with Crippen LogP contribution in [0.1, 0.15) is 208 Å². The molecule has 9 rings (SSSR count). The molecule has 0 spiro atoms. The van der Waals surface area contributed by atoms with Gasteiger partial charge in [0.25, 0.3) is 0 Å². The fourth-order valence-corrected chi connectivity index (χ4v) is 13.7. The van der Waals surface area contributed by atoms with Gasteiger partial charge in [0, 0.05) is 88.0 Å². The third-order valence-electron chi connectivity index (χ3n) is 19.1. The first-order chi connectivity index (χ1) is 44.6. The number of pyridine rings is 1. The molecular weight excluding hydrogens is 1170 g/mol. The van der Waals surface area contributed by atoms with Crippen LogP contribution in [0.15, 0.2) is 48.7 Å². The quantitative estimate of drug-likeness (QED) is 0.0486. The Hall–Kier alpha value is -6.41. The zero-order valence-corrected chi connectivity index (χ0v) is 59.4. The molecule has 0 radical (unpaired) electrons. The predicted molar refractivity (Wildman–Crippen MR) is 379 cm³/mol. The second kappa shape index (κ2) is 40.8. The summed E-state index contributed by atoms with van der Waals surface area (Å²) in [5.41, 5.74) is 4.30. The Kier molecular flexibility index (Phi) is 34.6. The van der Waals surface area contributed by atoms with Crippen molar-refractivity contribution < 1.29 is 42.5 Å². The maximum Gasteiger partial charge on any atom is 0.319 e. The molecule has 4 fully saturated rings. The van der Waals surface area contributed by atoms with Gasteiger partial charge in [0.2, 0.25) is 0 Å². The van der Waals surface area contributed by atoms with Crippen molar-refractivity contribution in [3.8, 4) is 35.4 Å². The van der Waals surface area contributed by atoms with E-state index in [1.807, 2.05) is 20.8 Å². The number of Topliss-reactive ketones (excluding diaryl/α,β-unsaturated/α-hetero) is 1. The average Bonchev–Trinajstić information content (AvgIpc) is 1.58. The van der Waals surface area contributed by atoms with Gasteiger partial charge in [-0.15, -0.1) is 6.42 Å². The molecule has 0 saturated carbocycles. The summed E-state index contributed by atoms with van der Waals surface area (Å²) in [5.74, 6) is 5.48. The Morgan fingerprint density at radius 3 is 2.15 bits per heavy atom. The Morgan fingerprint density at radius 2 is 1.55 bits per heavy atom. The van der Waals surface area contributed by atoms with Crippen LogP contribution in [0.4, 0.5) is 20.3 Å².